The molecule has 1 aliphatic rings. The first kappa shape index (κ1) is 19.1. The average Bonchev–Trinajstić information content (AvgIpc) is 3.16. The third kappa shape index (κ3) is 4.42. The number of aromatic nitrogens is 1. The minimum absolute atomic E-state index is 0.0202. The minimum atomic E-state index is -0.0469. The minimum Gasteiger partial charge on any atom is -0.484 e. The molecule has 3 aromatic rings. The maximum atomic E-state index is 12.7. The third-order valence-corrected chi connectivity index (χ3v) is 5.38. The molecule has 0 atom stereocenters. The van der Waals surface area contributed by atoms with Gasteiger partial charge in [-0.3, -0.25) is 9.59 Å². The molecule has 2 amide bonds. The van der Waals surface area contributed by atoms with E-state index in [1.807, 2.05) is 66.6 Å². The van der Waals surface area contributed by atoms with E-state index in [9.17, 15) is 9.59 Å². The smallest absolute Gasteiger partial charge is 0.260 e. The summed E-state index contributed by atoms with van der Waals surface area (Å²) >= 11 is 0. The van der Waals surface area contributed by atoms with Gasteiger partial charge in [-0.05, 0) is 30.7 Å². The number of hydrogen-bond donors (Lipinski definition) is 1. The van der Waals surface area contributed by atoms with E-state index in [0.29, 0.717) is 38.3 Å². The Morgan fingerprint density at radius 1 is 0.931 bits per heavy atom. The number of rotatable bonds is 5. The summed E-state index contributed by atoms with van der Waals surface area (Å²) in [4.78, 5) is 31.9. The van der Waals surface area contributed by atoms with Crippen molar-refractivity contribution in [3.8, 4) is 5.75 Å². The summed E-state index contributed by atoms with van der Waals surface area (Å²) in [6.07, 6.45) is 2.28. The van der Waals surface area contributed by atoms with Gasteiger partial charge in [0.1, 0.15) is 5.75 Å². The first-order valence-corrected chi connectivity index (χ1v) is 9.90. The highest BCUT2D eigenvalue weighted by molar-refractivity contribution is 5.89. The van der Waals surface area contributed by atoms with Crippen LogP contribution in [0.5, 0.6) is 5.75 Å². The van der Waals surface area contributed by atoms with E-state index >= 15 is 0 Å². The van der Waals surface area contributed by atoms with Gasteiger partial charge in [0.05, 0.1) is 6.42 Å². The molecule has 150 valence electrons. The number of hydrogen-bond acceptors (Lipinski definition) is 3. The lowest BCUT2D eigenvalue weighted by Gasteiger charge is -2.34. The average molecular weight is 391 g/mol. The second kappa shape index (κ2) is 8.39. The lowest BCUT2D eigenvalue weighted by Crippen LogP contribution is -2.52. The lowest BCUT2D eigenvalue weighted by atomic mass is 10.1. The van der Waals surface area contributed by atoms with Gasteiger partial charge in [-0.2, -0.15) is 0 Å². The van der Waals surface area contributed by atoms with Crippen LogP contribution >= 0.6 is 0 Å². The molecule has 4 rings (SSSR count). The molecule has 1 fully saturated rings. The van der Waals surface area contributed by atoms with Gasteiger partial charge >= 0.3 is 0 Å². The maximum absolute atomic E-state index is 12.7. The number of amides is 2. The molecular weight excluding hydrogens is 366 g/mol. The van der Waals surface area contributed by atoms with Crippen LogP contribution in [0, 0.1) is 6.92 Å². The fourth-order valence-electron chi connectivity index (χ4n) is 3.63. The van der Waals surface area contributed by atoms with Crippen LogP contribution in [-0.2, 0) is 16.0 Å². The number of aryl methyl sites for hydroxylation is 1. The van der Waals surface area contributed by atoms with Crippen LogP contribution in [0.3, 0.4) is 0 Å². The van der Waals surface area contributed by atoms with Crippen LogP contribution in [0.15, 0.2) is 54.7 Å². The number of para-hydroxylation sites is 1. The SMILES string of the molecule is Cc1ccc(OCC(=O)N2CCN(C(=O)Cc3c[nH]c4ccccc34)CC2)cc1. The monoisotopic (exact) mass is 391 g/mol. The Labute approximate surface area is 170 Å². The van der Waals surface area contributed by atoms with Gasteiger partial charge in [0.25, 0.3) is 5.91 Å². The van der Waals surface area contributed by atoms with E-state index in [1.54, 1.807) is 4.90 Å². The molecule has 2 aromatic carbocycles. The number of carbonyl (C=O) groups is 2. The second-order valence-electron chi connectivity index (χ2n) is 7.40. The fraction of sp³-hybridized carbons (Fsp3) is 0.304. The van der Waals surface area contributed by atoms with Crippen LogP contribution in [0.25, 0.3) is 10.9 Å². The molecule has 2 heterocycles. The van der Waals surface area contributed by atoms with Gasteiger partial charge < -0.3 is 19.5 Å². The number of nitrogens with zero attached hydrogens (tertiary/aromatic N) is 2. The summed E-state index contributed by atoms with van der Waals surface area (Å²) in [6, 6.07) is 15.6. The largest absolute Gasteiger partial charge is 0.484 e. The number of fused-ring (bicyclic) bond motifs is 1. The molecule has 0 aliphatic carbocycles. The van der Waals surface area contributed by atoms with Crippen molar-refractivity contribution in [2.75, 3.05) is 32.8 Å². The van der Waals surface area contributed by atoms with Crippen molar-refractivity contribution in [3.63, 3.8) is 0 Å². The van der Waals surface area contributed by atoms with Crippen molar-refractivity contribution in [3.05, 3.63) is 65.9 Å². The Kier molecular flexibility index (Phi) is 5.51. The summed E-state index contributed by atoms with van der Waals surface area (Å²) in [6.45, 7) is 4.21. The first-order valence-electron chi connectivity index (χ1n) is 9.90. The lowest BCUT2D eigenvalue weighted by molar-refractivity contribution is -0.140. The van der Waals surface area contributed by atoms with E-state index in [4.69, 9.17) is 4.74 Å². The Morgan fingerprint density at radius 2 is 1.59 bits per heavy atom. The summed E-state index contributed by atoms with van der Waals surface area (Å²) in [5.74, 6) is 0.739. The summed E-state index contributed by atoms with van der Waals surface area (Å²) < 4.78 is 5.59. The number of aromatic amines is 1. The Bertz CT molecular complexity index is 1000. The number of carbonyl (C=O) groups excluding carboxylic acids is 2. The van der Waals surface area contributed by atoms with E-state index in [0.717, 1.165) is 22.0 Å². The van der Waals surface area contributed by atoms with Gasteiger partial charge in [-0.15, -0.1) is 0 Å². The highest BCUT2D eigenvalue weighted by Gasteiger charge is 2.24. The Hall–Kier alpha value is -3.28. The molecule has 1 aliphatic heterocycles. The maximum Gasteiger partial charge on any atom is 0.260 e. The van der Waals surface area contributed by atoms with Crippen molar-refractivity contribution < 1.29 is 14.3 Å². The van der Waals surface area contributed by atoms with Gasteiger partial charge in [-0.1, -0.05) is 35.9 Å². The molecule has 1 saturated heterocycles. The molecule has 0 radical (unpaired) electrons. The number of benzene rings is 2. The molecule has 0 bridgehead atoms. The normalized spacial score (nSPS) is 14.2. The van der Waals surface area contributed by atoms with Gasteiger partial charge in [0.2, 0.25) is 5.91 Å². The quantitative estimate of drug-likeness (QED) is 0.727. The summed E-state index contributed by atoms with van der Waals surface area (Å²) in [7, 11) is 0. The zero-order valence-electron chi connectivity index (χ0n) is 16.6. The summed E-state index contributed by atoms with van der Waals surface area (Å²) in [5, 5.41) is 1.09. The molecular formula is C23H25N3O3. The molecule has 1 aromatic heterocycles. The Balaban J connectivity index is 1.26. The topological polar surface area (TPSA) is 65.6 Å². The van der Waals surface area contributed by atoms with Crippen molar-refractivity contribution >= 4 is 22.7 Å². The van der Waals surface area contributed by atoms with Crippen LogP contribution in [0.1, 0.15) is 11.1 Å². The van der Waals surface area contributed by atoms with Crippen LogP contribution < -0.4 is 4.74 Å². The zero-order valence-corrected chi connectivity index (χ0v) is 16.6. The molecule has 0 spiro atoms. The molecule has 0 saturated carbocycles. The second-order valence-corrected chi connectivity index (χ2v) is 7.40. The van der Waals surface area contributed by atoms with Gasteiger partial charge in [0.15, 0.2) is 6.61 Å². The summed E-state index contributed by atoms with van der Waals surface area (Å²) in [5.41, 5.74) is 3.20. The van der Waals surface area contributed by atoms with Crippen molar-refractivity contribution in [2.24, 2.45) is 0 Å². The number of piperazine rings is 1. The molecule has 0 unspecified atom stereocenters. The first-order chi connectivity index (χ1) is 14.1. The van der Waals surface area contributed by atoms with Crippen molar-refractivity contribution in [1.82, 2.24) is 14.8 Å². The van der Waals surface area contributed by atoms with E-state index in [2.05, 4.69) is 4.98 Å². The fourth-order valence-corrected chi connectivity index (χ4v) is 3.63. The van der Waals surface area contributed by atoms with Crippen LogP contribution in [0.2, 0.25) is 0 Å². The number of nitrogens with one attached hydrogen (secondary N) is 1. The zero-order chi connectivity index (χ0) is 20.2. The highest BCUT2D eigenvalue weighted by atomic mass is 16.5. The van der Waals surface area contributed by atoms with Crippen LogP contribution in [-0.4, -0.2) is 59.4 Å². The highest BCUT2D eigenvalue weighted by Crippen LogP contribution is 2.19. The molecule has 6 nitrogen and oxygen atoms in total. The van der Waals surface area contributed by atoms with Crippen molar-refractivity contribution in [2.45, 2.75) is 13.3 Å². The molecule has 6 heteroatoms. The number of H-pyrrole nitrogens is 1. The van der Waals surface area contributed by atoms with Gasteiger partial charge in [0, 0.05) is 43.3 Å². The van der Waals surface area contributed by atoms with E-state index in [-0.39, 0.29) is 18.4 Å². The van der Waals surface area contributed by atoms with Crippen molar-refractivity contribution in [1.29, 1.82) is 0 Å². The molecule has 29 heavy (non-hydrogen) atoms. The predicted octanol–water partition coefficient (Wildman–Crippen LogP) is 2.77. The third-order valence-electron chi connectivity index (χ3n) is 5.38. The standard InChI is InChI=1S/C23H25N3O3/c1-17-6-8-19(9-7-17)29-16-23(28)26-12-10-25(11-13-26)22(27)14-18-15-24-21-5-3-2-4-20(18)21/h2-9,15,24H,10-14,16H2,1H3. The van der Waals surface area contributed by atoms with E-state index in [1.165, 1.54) is 0 Å². The Morgan fingerprint density at radius 3 is 2.31 bits per heavy atom. The van der Waals surface area contributed by atoms with E-state index < -0.39 is 0 Å². The van der Waals surface area contributed by atoms with Gasteiger partial charge in [-0.25, -0.2) is 0 Å². The molecule has 1 N–H and O–H groups in total. The number of ether oxygens (including phenoxy) is 1. The van der Waals surface area contributed by atoms with Crippen LogP contribution in [0.4, 0.5) is 0 Å². The predicted molar refractivity (Wildman–Crippen MR) is 112 cm³/mol.